The number of hydrogen-bond donors (Lipinski definition) is 0. The zero-order valence-electron chi connectivity index (χ0n) is 8.12. The van der Waals surface area contributed by atoms with E-state index in [9.17, 15) is 21.6 Å². The maximum atomic E-state index is 12.1. The van der Waals surface area contributed by atoms with Crippen molar-refractivity contribution in [3.05, 3.63) is 33.6 Å². The first kappa shape index (κ1) is 14.9. The molecule has 0 fully saturated rings. The summed E-state index contributed by atoms with van der Waals surface area (Å²) in [7, 11) is -5.83. The van der Waals surface area contributed by atoms with Crippen molar-refractivity contribution in [2.24, 2.45) is 0 Å². The van der Waals surface area contributed by atoms with Crippen molar-refractivity contribution in [3.8, 4) is 5.75 Å². The number of rotatable bonds is 2. The van der Waals surface area contributed by atoms with Gasteiger partial charge in [0.05, 0.1) is 16.6 Å². The lowest BCUT2D eigenvalue weighted by Gasteiger charge is -2.11. The summed E-state index contributed by atoms with van der Waals surface area (Å²) in [6, 6.07) is 1.62. The van der Waals surface area contributed by atoms with Crippen molar-refractivity contribution in [1.29, 1.82) is 0 Å². The van der Waals surface area contributed by atoms with Gasteiger partial charge in [-0.05, 0) is 12.1 Å². The van der Waals surface area contributed by atoms with Crippen LogP contribution in [0.25, 0.3) is 4.85 Å². The molecular weight excluding hydrogens is 318 g/mol. The molecule has 10 heteroatoms. The minimum atomic E-state index is -5.83. The summed E-state index contributed by atoms with van der Waals surface area (Å²) < 4.78 is 61.4. The van der Waals surface area contributed by atoms with Crippen LogP contribution in [0.5, 0.6) is 5.75 Å². The molecule has 0 unspecified atom stereocenters. The lowest BCUT2D eigenvalue weighted by atomic mass is 10.3. The zero-order chi connectivity index (χ0) is 14.1. The summed E-state index contributed by atoms with van der Waals surface area (Å²) in [5.41, 5.74) is -5.72. The summed E-state index contributed by atoms with van der Waals surface area (Å²) in [6.07, 6.45) is 0. The number of alkyl halides is 3. The van der Waals surface area contributed by atoms with Crippen LogP contribution in [0.15, 0.2) is 12.1 Å². The van der Waals surface area contributed by atoms with E-state index in [1.54, 1.807) is 0 Å². The normalized spacial score (nSPS) is 12.0. The van der Waals surface area contributed by atoms with Gasteiger partial charge in [-0.25, -0.2) is 4.85 Å². The van der Waals surface area contributed by atoms with Gasteiger partial charge in [0.2, 0.25) is 5.69 Å². The van der Waals surface area contributed by atoms with Crippen molar-refractivity contribution < 1.29 is 25.8 Å². The quantitative estimate of drug-likeness (QED) is 0.473. The molecule has 1 rings (SSSR count). The zero-order valence-corrected chi connectivity index (χ0v) is 10.5. The van der Waals surface area contributed by atoms with Gasteiger partial charge in [0.1, 0.15) is 0 Å². The topological polar surface area (TPSA) is 47.7 Å². The number of halogens is 5. The highest BCUT2D eigenvalue weighted by Crippen LogP contribution is 2.38. The van der Waals surface area contributed by atoms with Crippen molar-refractivity contribution >= 4 is 39.0 Å². The molecule has 98 valence electrons. The fourth-order valence-corrected chi connectivity index (χ4v) is 1.74. The highest BCUT2D eigenvalue weighted by atomic mass is 35.5. The molecule has 0 aliphatic heterocycles. The predicted octanol–water partition coefficient (Wildman–Crippen LogP) is 3.77. The lowest BCUT2D eigenvalue weighted by molar-refractivity contribution is -0.0500. The molecular formula is C8H2Cl2F3NO3S. The van der Waals surface area contributed by atoms with E-state index in [0.717, 1.165) is 12.1 Å². The fourth-order valence-electron chi connectivity index (χ4n) is 0.833. The first-order valence-electron chi connectivity index (χ1n) is 3.96. The van der Waals surface area contributed by atoms with Gasteiger partial charge in [-0.2, -0.15) is 21.6 Å². The van der Waals surface area contributed by atoms with Crippen LogP contribution in [0.1, 0.15) is 0 Å². The minimum Gasteiger partial charge on any atom is -0.374 e. The van der Waals surface area contributed by atoms with Crippen LogP contribution in [0.4, 0.5) is 18.9 Å². The molecule has 0 saturated heterocycles. The Morgan fingerprint density at radius 1 is 1.22 bits per heavy atom. The number of benzene rings is 1. The second-order valence-corrected chi connectivity index (χ2v) is 5.18. The van der Waals surface area contributed by atoms with Crippen LogP contribution in [0.2, 0.25) is 10.0 Å². The monoisotopic (exact) mass is 319 g/mol. The molecule has 0 bridgehead atoms. The third-order valence-corrected chi connectivity index (χ3v) is 3.17. The van der Waals surface area contributed by atoms with Crippen LogP contribution in [-0.4, -0.2) is 13.9 Å². The van der Waals surface area contributed by atoms with Gasteiger partial charge < -0.3 is 4.18 Å². The Hall–Kier alpha value is -1.17. The molecule has 4 nitrogen and oxygen atoms in total. The van der Waals surface area contributed by atoms with E-state index in [0.29, 0.717) is 0 Å². The SMILES string of the molecule is [C-]#[N+]c1cc(Cl)c(OS(=O)(=O)C(F)(F)F)cc1Cl. The minimum absolute atomic E-state index is 0.140. The van der Waals surface area contributed by atoms with Gasteiger partial charge >= 0.3 is 15.6 Å². The second-order valence-electron chi connectivity index (χ2n) is 2.83. The van der Waals surface area contributed by atoms with Gasteiger partial charge in [-0.3, -0.25) is 0 Å². The van der Waals surface area contributed by atoms with Gasteiger partial charge in [0.25, 0.3) is 0 Å². The summed E-state index contributed by atoms with van der Waals surface area (Å²) in [5, 5.41) is -0.750. The van der Waals surface area contributed by atoms with Crippen molar-refractivity contribution in [2.75, 3.05) is 0 Å². The standard InChI is InChI=1S/C8H2Cl2F3NO3S/c1-14-6-2-5(10)7(3-4(6)9)17-18(15,16)8(11,12)13/h2-3H. The molecule has 1 aromatic carbocycles. The Bertz CT molecular complexity index is 622. The molecule has 1 aromatic rings. The van der Waals surface area contributed by atoms with Gasteiger partial charge in [-0.1, -0.05) is 23.2 Å². The van der Waals surface area contributed by atoms with E-state index in [4.69, 9.17) is 29.8 Å². The maximum Gasteiger partial charge on any atom is 0.534 e. The van der Waals surface area contributed by atoms with Crippen molar-refractivity contribution in [1.82, 2.24) is 0 Å². The fraction of sp³-hybridized carbons (Fsp3) is 0.125. The second kappa shape index (κ2) is 4.84. The summed E-state index contributed by atoms with van der Waals surface area (Å²) in [4.78, 5) is 2.92. The first-order valence-corrected chi connectivity index (χ1v) is 6.12. The van der Waals surface area contributed by atoms with E-state index in [-0.39, 0.29) is 10.7 Å². The molecule has 18 heavy (non-hydrogen) atoms. The Labute approximate surface area is 110 Å². The van der Waals surface area contributed by atoms with Crippen molar-refractivity contribution in [3.63, 3.8) is 0 Å². The molecule has 0 heterocycles. The highest BCUT2D eigenvalue weighted by molar-refractivity contribution is 7.88. The Kier molecular flexibility index (Phi) is 4.00. The van der Waals surface area contributed by atoms with E-state index < -0.39 is 26.4 Å². The number of hydrogen-bond acceptors (Lipinski definition) is 3. The third-order valence-electron chi connectivity index (χ3n) is 1.60. The molecule has 0 spiro atoms. The first-order chi connectivity index (χ1) is 8.08. The van der Waals surface area contributed by atoms with Gasteiger partial charge in [-0.15, -0.1) is 0 Å². The predicted molar refractivity (Wildman–Crippen MR) is 58.3 cm³/mol. The molecule has 0 atom stereocenters. The molecule has 0 aliphatic rings. The van der Waals surface area contributed by atoms with Crippen LogP contribution in [0.3, 0.4) is 0 Å². The molecule has 0 N–H and O–H groups in total. The van der Waals surface area contributed by atoms with Gasteiger partial charge in [0, 0.05) is 0 Å². The Morgan fingerprint density at radius 3 is 2.22 bits per heavy atom. The van der Waals surface area contributed by atoms with E-state index in [2.05, 4.69) is 9.03 Å². The van der Waals surface area contributed by atoms with Crippen LogP contribution in [0, 0.1) is 6.57 Å². The maximum absolute atomic E-state index is 12.1. The van der Waals surface area contributed by atoms with Gasteiger partial charge in [0.15, 0.2) is 5.75 Å². The summed E-state index contributed by atoms with van der Waals surface area (Å²) in [6.45, 7) is 6.67. The average molecular weight is 320 g/mol. The smallest absolute Gasteiger partial charge is 0.374 e. The molecule has 0 amide bonds. The van der Waals surface area contributed by atoms with E-state index in [1.807, 2.05) is 0 Å². The van der Waals surface area contributed by atoms with E-state index >= 15 is 0 Å². The molecule has 0 aliphatic carbocycles. The lowest BCUT2D eigenvalue weighted by Crippen LogP contribution is -2.28. The summed E-state index contributed by atoms with van der Waals surface area (Å²) in [5.74, 6) is -0.800. The average Bonchev–Trinajstić information content (AvgIpc) is 2.21. The van der Waals surface area contributed by atoms with E-state index in [1.165, 1.54) is 0 Å². The number of nitrogens with zero attached hydrogens (tertiary/aromatic N) is 1. The van der Waals surface area contributed by atoms with Crippen LogP contribution in [-0.2, 0) is 10.1 Å². The Morgan fingerprint density at radius 2 is 1.78 bits per heavy atom. The van der Waals surface area contributed by atoms with Crippen LogP contribution < -0.4 is 4.18 Å². The van der Waals surface area contributed by atoms with Crippen molar-refractivity contribution in [2.45, 2.75) is 5.51 Å². The third kappa shape index (κ3) is 2.98. The molecule has 0 aromatic heterocycles. The van der Waals surface area contributed by atoms with Crippen LogP contribution >= 0.6 is 23.2 Å². The molecule has 0 radical (unpaired) electrons. The largest absolute Gasteiger partial charge is 0.534 e. The molecule has 0 saturated carbocycles. The Balaban J connectivity index is 3.23. The summed E-state index contributed by atoms with van der Waals surface area (Å²) >= 11 is 11.0. The highest BCUT2D eigenvalue weighted by Gasteiger charge is 2.48.